The first-order valence-electron chi connectivity index (χ1n) is 8.98. The standard InChI is InChI=1S/C22H18Br2IN3O2/c23-19-10-16(11-20(24)22(19)30-14-15-4-2-1-3-5-15)12-27-28-21(29)13-26-18-8-6-17(25)7-9-18/h1-12,26H,13-14H2,(H,28,29)/b27-12-. The first-order chi connectivity index (χ1) is 14.5. The minimum atomic E-state index is -0.231. The highest BCUT2D eigenvalue weighted by Crippen LogP contribution is 2.35. The van der Waals surface area contributed by atoms with E-state index in [0.29, 0.717) is 12.4 Å². The van der Waals surface area contributed by atoms with E-state index in [0.717, 1.165) is 29.3 Å². The van der Waals surface area contributed by atoms with Crippen molar-refractivity contribution in [1.29, 1.82) is 0 Å². The molecule has 3 aromatic rings. The molecule has 5 nitrogen and oxygen atoms in total. The lowest BCUT2D eigenvalue weighted by Gasteiger charge is -2.11. The van der Waals surface area contributed by atoms with E-state index >= 15 is 0 Å². The molecule has 0 saturated heterocycles. The molecule has 0 aromatic heterocycles. The minimum absolute atomic E-state index is 0.136. The van der Waals surface area contributed by atoms with Gasteiger partial charge >= 0.3 is 0 Å². The summed E-state index contributed by atoms with van der Waals surface area (Å²) in [7, 11) is 0. The molecule has 8 heteroatoms. The largest absolute Gasteiger partial charge is 0.487 e. The van der Waals surface area contributed by atoms with E-state index in [4.69, 9.17) is 4.74 Å². The Morgan fingerprint density at radius 2 is 1.70 bits per heavy atom. The van der Waals surface area contributed by atoms with Crippen LogP contribution >= 0.6 is 54.5 Å². The van der Waals surface area contributed by atoms with Crippen LogP contribution in [0.4, 0.5) is 5.69 Å². The van der Waals surface area contributed by atoms with Gasteiger partial charge in [0.1, 0.15) is 12.4 Å². The summed E-state index contributed by atoms with van der Waals surface area (Å²) >= 11 is 9.30. The molecule has 154 valence electrons. The molecule has 3 rings (SSSR count). The predicted molar refractivity (Wildman–Crippen MR) is 136 cm³/mol. The van der Waals surface area contributed by atoms with Gasteiger partial charge in [-0.1, -0.05) is 30.3 Å². The van der Waals surface area contributed by atoms with E-state index < -0.39 is 0 Å². The van der Waals surface area contributed by atoms with Crippen molar-refractivity contribution in [3.05, 3.63) is 90.4 Å². The van der Waals surface area contributed by atoms with Crippen molar-refractivity contribution in [2.24, 2.45) is 5.10 Å². The molecular formula is C22H18Br2IN3O2. The lowest BCUT2D eigenvalue weighted by Crippen LogP contribution is -2.25. The minimum Gasteiger partial charge on any atom is -0.487 e. The number of carbonyl (C=O) groups excluding carboxylic acids is 1. The van der Waals surface area contributed by atoms with E-state index in [2.05, 4.69) is 70.3 Å². The van der Waals surface area contributed by atoms with Gasteiger partial charge < -0.3 is 10.1 Å². The van der Waals surface area contributed by atoms with Crippen molar-refractivity contribution >= 4 is 72.3 Å². The summed E-state index contributed by atoms with van der Waals surface area (Å²) in [5.74, 6) is 0.479. The van der Waals surface area contributed by atoms with Crippen molar-refractivity contribution in [2.45, 2.75) is 6.61 Å². The number of hydrazone groups is 1. The molecule has 0 unspecified atom stereocenters. The van der Waals surface area contributed by atoms with Gasteiger partial charge in [-0.05, 0) is 102 Å². The Hall–Kier alpha value is -1.91. The third kappa shape index (κ3) is 7.10. The second-order valence-corrected chi connectivity index (χ2v) is 9.20. The quantitative estimate of drug-likeness (QED) is 0.181. The number of benzene rings is 3. The molecule has 0 fully saturated rings. The summed E-state index contributed by atoms with van der Waals surface area (Å²) in [5.41, 5.74) is 5.30. The summed E-state index contributed by atoms with van der Waals surface area (Å²) in [6.07, 6.45) is 1.58. The Kier molecular flexibility index (Phi) is 8.71. The second kappa shape index (κ2) is 11.5. The maximum atomic E-state index is 12.0. The third-order valence-corrected chi connectivity index (χ3v) is 5.84. The number of anilines is 1. The second-order valence-electron chi connectivity index (χ2n) is 6.24. The maximum absolute atomic E-state index is 12.0. The van der Waals surface area contributed by atoms with E-state index in [9.17, 15) is 4.79 Å². The highest BCUT2D eigenvalue weighted by Gasteiger charge is 2.09. The van der Waals surface area contributed by atoms with Crippen molar-refractivity contribution in [3.8, 4) is 5.75 Å². The molecule has 0 aliphatic rings. The number of halogens is 3. The number of amides is 1. The molecule has 0 atom stereocenters. The van der Waals surface area contributed by atoms with Crippen LogP contribution in [0.15, 0.2) is 80.8 Å². The van der Waals surface area contributed by atoms with Gasteiger partial charge in [0, 0.05) is 9.26 Å². The van der Waals surface area contributed by atoms with Crippen molar-refractivity contribution < 1.29 is 9.53 Å². The summed E-state index contributed by atoms with van der Waals surface area (Å²) in [6.45, 7) is 0.604. The fourth-order valence-electron chi connectivity index (χ4n) is 2.49. The number of hydrogen-bond acceptors (Lipinski definition) is 4. The van der Waals surface area contributed by atoms with E-state index in [-0.39, 0.29) is 12.5 Å². The first kappa shape index (κ1) is 22.8. The molecule has 0 aliphatic carbocycles. The van der Waals surface area contributed by atoms with Gasteiger partial charge in [-0.25, -0.2) is 5.43 Å². The van der Waals surface area contributed by atoms with E-state index in [1.54, 1.807) is 6.21 Å². The lowest BCUT2D eigenvalue weighted by molar-refractivity contribution is -0.119. The average Bonchev–Trinajstić information content (AvgIpc) is 2.73. The van der Waals surface area contributed by atoms with Crippen LogP contribution in [0, 0.1) is 3.57 Å². The monoisotopic (exact) mass is 641 g/mol. The summed E-state index contributed by atoms with van der Waals surface area (Å²) in [6, 6.07) is 21.5. The van der Waals surface area contributed by atoms with Crippen LogP contribution in [-0.2, 0) is 11.4 Å². The first-order valence-corrected chi connectivity index (χ1v) is 11.6. The van der Waals surface area contributed by atoms with Crippen LogP contribution in [0.1, 0.15) is 11.1 Å². The summed E-state index contributed by atoms with van der Waals surface area (Å²) in [5, 5.41) is 7.08. The zero-order valence-electron chi connectivity index (χ0n) is 15.7. The fourth-order valence-corrected chi connectivity index (χ4v) is 4.30. The van der Waals surface area contributed by atoms with Crippen LogP contribution in [0.5, 0.6) is 5.75 Å². The van der Waals surface area contributed by atoms with Gasteiger partial charge in [-0.15, -0.1) is 0 Å². The molecule has 0 radical (unpaired) electrons. The molecule has 0 saturated carbocycles. The van der Waals surface area contributed by atoms with Gasteiger partial charge in [-0.3, -0.25) is 4.79 Å². The molecule has 0 aliphatic heterocycles. The molecule has 30 heavy (non-hydrogen) atoms. The zero-order chi connectivity index (χ0) is 21.3. The van der Waals surface area contributed by atoms with Gasteiger partial charge in [0.15, 0.2) is 0 Å². The van der Waals surface area contributed by atoms with Crippen LogP contribution in [0.2, 0.25) is 0 Å². The Bertz CT molecular complexity index is 1010. The Labute approximate surface area is 205 Å². The van der Waals surface area contributed by atoms with Crippen LogP contribution in [-0.4, -0.2) is 18.7 Å². The third-order valence-electron chi connectivity index (χ3n) is 3.95. The number of rotatable bonds is 8. The molecule has 0 spiro atoms. The molecular weight excluding hydrogens is 625 g/mol. The normalized spacial score (nSPS) is 10.8. The van der Waals surface area contributed by atoms with Gasteiger partial charge in [0.2, 0.25) is 0 Å². The SMILES string of the molecule is O=C(CNc1ccc(I)cc1)N/N=C\c1cc(Br)c(OCc2ccccc2)c(Br)c1. The Morgan fingerprint density at radius 1 is 1.03 bits per heavy atom. The van der Waals surface area contributed by atoms with E-state index in [1.807, 2.05) is 66.7 Å². The fraction of sp³-hybridized carbons (Fsp3) is 0.0909. The topological polar surface area (TPSA) is 62.7 Å². The van der Waals surface area contributed by atoms with Crippen LogP contribution in [0.3, 0.4) is 0 Å². The maximum Gasteiger partial charge on any atom is 0.259 e. The molecule has 3 aromatic carbocycles. The lowest BCUT2D eigenvalue weighted by atomic mass is 10.2. The van der Waals surface area contributed by atoms with Crippen molar-refractivity contribution in [1.82, 2.24) is 5.43 Å². The number of nitrogens with zero attached hydrogens (tertiary/aromatic N) is 1. The predicted octanol–water partition coefficient (Wildman–Crippen LogP) is 5.96. The van der Waals surface area contributed by atoms with Gasteiger partial charge in [0.25, 0.3) is 5.91 Å². The van der Waals surface area contributed by atoms with Gasteiger partial charge in [-0.2, -0.15) is 5.10 Å². The average molecular weight is 643 g/mol. The van der Waals surface area contributed by atoms with Crippen molar-refractivity contribution in [3.63, 3.8) is 0 Å². The summed E-state index contributed by atoms with van der Waals surface area (Å²) < 4.78 is 8.64. The zero-order valence-corrected chi connectivity index (χ0v) is 21.1. The molecule has 1 amide bonds. The Morgan fingerprint density at radius 3 is 2.37 bits per heavy atom. The van der Waals surface area contributed by atoms with E-state index in [1.165, 1.54) is 0 Å². The highest BCUT2D eigenvalue weighted by molar-refractivity contribution is 14.1. The molecule has 0 heterocycles. The number of carbonyl (C=O) groups is 1. The molecule has 0 bridgehead atoms. The van der Waals surface area contributed by atoms with Crippen molar-refractivity contribution in [2.75, 3.05) is 11.9 Å². The highest BCUT2D eigenvalue weighted by atomic mass is 127. The molecule has 2 N–H and O–H groups in total. The Balaban J connectivity index is 1.52. The number of ether oxygens (including phenoxy) is 1. The van der Waals surface area contributed by atoms with Gasteiger partial charge in [0.05, 0.1) is 21.7 Å². The van der Waals surface area contributed by atoms with Crippen LogP contribution < -0.4 is 15.5 Å². The smallest absolute Gasteiger partial charge is 0.259 e. The number of nitrogens with one attached hydrogen (secondary N) is 2. The van der Waals surface area contributed by atoms with Crippen LogP contribution in [0.25, 0.3) is 0 Å². The number of hydrogen-bond donors (Lipinski definition) is 2. The summed E-state index contributed by atoms with van der Waals surface area (Å²) in [4.78, 5) is 12.0.